The van der Waals surface area contributed by atoms with Crippen molar-refractivity contribution in [2.75, 3.05) is 0 Å². The first kappa shape index (κ1) is 15.6. The van der Waals surface area contributed by atoms with E-state index in [0.29, 0.717) is 6.61 Å². The van der Waals surface area contributed by atoms with Gasteiger partial charge in [0.2, 0.25) is 0 Å². The number of aryl methyl sites for hydroxylation is 2. The number of rotatable bonds is 5. The van der Waals surface area contributed by atoms with Crippen LogP contribution in [0.2, 0.25) is 0 Å². The monoisotopic (exact) mass is 287 g/mol. The zero-order valence-electron chi connectivity index (χ0n) is 13.6. The van der Waals surface area contributed by atoms with Gasteiger partial charge in [-0.05, 0) is 39.8 Å². The molecule has 1 aromatic heterocycles. The Morgan fingerprint density at radius 3 is 2.57 bits per heavy atom. The van der Waals surface area contributed by atoms with Crippen molar-refractivity contribution in [3.63, 3.8) is 0 Å². The van der Waals surface area contributed by atoms with Gasteiger partial charge in [0.1, 0.15) is 12.4 Å². The van der Waals surface area contributed by atoms with Gasteiger partial charge in [0.25, 0.3) is 0 Å². The van der Waals surface area contributed by atoms with Gasteiger partial charge in [-0.2, -0.15) is 5.10 Å². The molecule has 0 aliphatic carbocycles. The van der Waals surface area contributed by atoms with Crippen LogP contribution in [-0.4, -0.2) is 15.3 Å². The molecule has 0 unspecified atom stereocenters. The topological polar surface area (TPSA) is 39.1 Å². The molecular formula is C17H25N3O. The van der Waals surface area contributed by atoms with Crippen molar-refractivity contribution < 1.29 is 4.74 Å². The minimum atomic E-state index is 0.0895. The molecule has 1 heterocycles. The molecular weight excluding hydrogens is 262 g/mol. The van der Waals surface area contributed by atoms with Crippen LogP contribution in [0.15, 0.2) is 30.3 Å². The van der Waals surface area contributed by atoms with Gasteiger partial charge in [0.05, 0.1) is 11.4 Å². The third-order valence-corrected chi connectivity index (χ3v) is 3.26. The molecule has 0 aliphatic heterocycles. The number of para-hydroxylation sites is 1. The van der Waals surface area contributed by atoms with Gasteiger partial charge >= 0.3 is 0 Å². The number of hydrogen-bond acceptors (Lipinski definition) is 3. The van der Waals surface area contributed by atoms with Crippen molar-refractivity contribution in [1.29, 1.82) is 0 Å². The first-order valence-corrected chi connectivity index (χ1v) is 7.30. The first-order valence-electron chi connectivity index (χ1n) is 7.30. The van der Waals surface area contributed by atoms with E-state index in [4.69, 9.17) is 4.74 Å². The largest absolute Gasteiger partial charge is 0.487 e. The number of hydrogen-bond donors (Lipinski definition) is 1. The van der Waals surface area contributed by atoms with Crippen LogP contribution in [0.1, 0.15) is 37.7 Å². The maximum Gasteiger partial charge on any atom is 0.130 e. The van der Waals surface area contributed by atoms with Crippen molar-refractivity contribution >= 4 is 0 Å². The summed E-state index contributed by atoms with van der Waals surface area (Å²) in [4.78, 5) is 0. The van der Waals surface area contributed by atoms with Crippen LogP contribution in [0.3, 0.4) is 0 Å². The summed E-state index contributed by atoms with van der Waals surface area (Å²) in [6.45, 7) is 9.80. The number of nitrogens with one attached hydrogen (secondary N) is 1. The Bertz CT molecular complexity index is 596. The van der Waals surface area contributed by atoms with E-state index in [9.17, 15) is 0 Å². The van der Waals surface area contributed by atoms with Crippen molar-refractivity contribution in [3.8, 4) is 5.75 Å². The summed E-state index contributed by atoms with van der Waals surface area (Å²) in [5, 5.41) is 7.83. The standard InChI is InChI=1S/C17H25N3O/c1-13-10-15(20(5)19-13)12-21-16-9-7-6-8-14(16)11-18-17(2,3)4/h6-10,18H,11-12H2,1-5H3. The number of benzene rings is 1. The fourth-order valence-corrected chi connectivity index (χ4v) is 2.10. The average Bonchev–Trinajstić information content (AvgIpc) is 2.72. The van der Waals surface area contributed by atoms with Gasteiger partial charge in [-0.1, -0.05) is 18.2 Å². The van der Waals surface area contributed by atoms with Crippen LogP contribution in [0, 0.1) is 6.92 Å². The third kappa shape index (κ3) is 4.60. The van der Waals surface area contributed by atoms with Crippen LogP contribution < -0.4 is 10.1 Å². The number of ether oxygens (including phenoxy) is 1. The molecule has 2 aromatic rings. The van der Waals surface area contributed by atoms with E-state index < -0.39 is 0 Å². The van der Waals surface area contributed by atoms with Gasteiger partial charge in [-0.3, -0.25) is 4.68 Å². The lowest BCUT2D eigenvalue weighted by molar-refractivity contribution is 0.289. The second-order valence-electron chi connectivity index (χ2n) is 6.40. The van der Waals surface area contributed by atoms with Gasteiger partial charge in [-0.25, -0.2) is 0 Å². The lowest BCUT2D eigenvalue weighted by Crippen LogP contribution is -2.35. The summed E-state index contributed by atoms with van der Waals surface area (Å²) < 4.78 is 7.85. The molecule has 4 nitrogen and oxygen atoms in total. The van der Waals surface area contributed by atoms with E-state index in [-0.39, 0.29) is 5.54 Å². The average molecular weight is 287 g/mol. The highest BCUT2D eigenvalue weighted by molar-refractivity contribution is 5.33. The van der Waals surface area contributed by atoms with E-state index in [1.807, 2.05) is 36.9 Å². The van der Waals surface area contributed by atoms with E-state index in [1.165, 1.54) is 5.56 Å². The summed E-state index contributed by atoms with van der Waals surface area (Å²) in [7, 11) is 1.94. The zero-order valence-corrected chi connectivity index (χ0v) is 13.6. The van der Waals surface area contributed by atoms with Gasteiger partial charge in [0, 0.05) is 24.7 Å². The Labute approximate surface area is 127 Å². The van der Waals surface area contributed by atoms with E-state index in [0.717, 1.165) is 23.7 Å². The summed E-state index contributed by atoms with van der Waals surface area (Å²) in [5.74, 6) is 0.924. The Balaban J connectivity index is 2.04. The molecule has 114 valence electrons. The molecule has 0 bridgehead atoms. The minimum Gasteiger partial charge on any atom is -0.487 e. The van der Waals surface area contributed by atoms with Gasteiger partial charge in [-0.15, -0.1) is 0 Å². The zero-order chi connectivity index (χ0) is 15.5. The summed E-state index contributed by atoms with van der Waals surface area (Å²) >= 11 is 0. The predicted molar refractivity (Wildman–Crippen MR) is 85.3 cm³/mol. The second-order valence-corrected chi connectivity index (χ2v) is 6.40. The van der Waals surface area contributed by atoms with Crippen molar-refractivity contribution in [2.24, 2.45) is 7.05 Å². The highest BCUT2D eigenvalue weighted by Crippen LogP contribution is 2.20. The van der Waals surface area contributed by atoms with Crippen LogP contribution >= 0.6 is 0 Å². The molecule has 1 aromatic carbocycles. The Kier molecular flexibility index (Phi) is 4.68. The second kappa shape index (κ2) is 6.31. The minimum absolute atomic E-state index is 0.0895. The molecule has 0 radical (unpaired) electrons. The molecule has 0 amide bonds. The molecule has 0 fully saturated rings. The van der Waals surface area contributed by atoms with Gasteiger partial charge < -0.3 is 10.1 Å². The van der Waals surface area contributed by atoms with E-state index in [2.05, 4.69) is 43.3 Å². The van der Waals surface area contributed by atoms with Crippen LogP contribution in [0.4, 0.5) is 0 Å². The van der Waals surface area contributed by atoms with Gasteiger partial charge in [0.15, 0.2) is 0 Å². The summed E-state index contributed by atoms with van der Waals surface area (Å²) in [6, 6.07) is 10.2. The highest BCUT2D eigenvalue weighted by atomic mass is 16.5. The first-order chi connectivity index (χ1) is 9.85. The van der Waals surface area contributed by atoms with Crippen LogP contribution in [0.25, 0.3) is 0 Å². The van der Waals surface area contributed by atoms with E-state index >= 15 is 0 Å². The SMILES string of the molecule is Cc1cc(COc2ccccc2CNC(C)(C)C)n(C)n1. The smallest absolute Gasteiger partial charge is 0.130 e. The molecule has 4 heteroatoms. The molecule has 0 spiro atoms. The fourth-order valence-electron chi connectivity index (χ4n) is 2.10. The van der Waals surface area contributed by atoms with Crippen LogP contribution in [-0.2, 0) is 20.2 Å². The number of aromatic nitrogens is 2. The molecule has 21 heavy (non-hydrogen) atoms. The Morgan fingerprint density at radius 1 is 1.24 bits per heavy atom. The normalized spacial score (nSPS) is 11.7. The fraction of sp³-hybridized carbons (Fsp3) is 0.471. The van der Waals surface area contributed by atoms with Crippen molar-refractivity contribution in [2.45, 2.75) is 46.4 Å². The van der Waals surface area contributed by atoms with Crippen molar-refractivity contribution in [1.82, 2.24) is 15.1 Å². The molecule has 1 N–H and O–H groups in total. The Morgan fingerprint density at radius 2 is 1.95 bits per heavy atom. The lowest BCUT2D eigenvalue weighted by atomic mass is 10.1. The third-order valence-electron chi connectivity index (χ3n) is 3.26. The lowest BCUT2D eigenvalue weighted by Gasteiger charge is -2.21. The summed E-state index contributed by atoms with van der Waals surface area (Å²) in [6.07, 6.45) is 0. The molecule has 0 aliphatic rings. The maximum atomic E-state index is 5.98. The van der Waals surface area contributed by atoms with E-state index in [1.54, 1.807) is 0 Å². The van der Waals surface area contributed by atoms with Crippen molar-refractivity contribution in [3.05, 3.63) is 47.3 Å². The maximum absolute atomic E-state index is 5.98. The Hall–Kier alpha value is -1.81. The molecule has 0 saturated heterocycles. The summed E-state index contributed by atoms with van der Waals surface area (Å²) in [5.41, 5.74) is 3.35. The molecule has 0 saturated carbocycles. The molecule has 0 atom stereocenters. The highest BCUT2D eigenvalue weighted by Gasteiger charge is 2.11. The molecule has 2 rings (SSSR count). The number of nitrogens with zero attached hydrogens (tertiary/aromatic N) is 2. The quantitative estimate of drug-likeness (QED) is 0.918. The van der Waals surface area contributed by atoms with Crippen LogP contribution in [0.5, 0.6) is 5.75 Å². The predicted octanol–water partition coefficient (Wildman–Crippen LogP) is 3.20.